The number of hydrogen-bond acceptors (Lipinski definition) is 4. The van der Waals surface area contributed by atoms with Crippen LogP contribution in [0.25, 0.3) is 5.69 Å². The van der Waals surface area contributed by atoms with Gasteiger partial charge in [0.25, 0.3) is 0 Å². The van der Waals surface area contributed by atoms with Gasteiger partial charge in [0, 0.05) is 31.0 Å². The van der Waals surface area contributed by atoms with Crippen LogP contribution in [-0.2, 0) is 5.54 Å². The lowest BCUT2D eigenvalue weighted by atomic mass is 9.82. The molecule has 2 N–H and O–H groups in total. The first-order valence-corrected chi connectivity index (χ1v) is 10.9. The average molecular weight is 433 g/mol. The molecule has 1 aromatic heterocycles. The molecule has 3 heterocycles. The molecule has 166 valence electrons. The molecule has 0 atom stereocenters. The summed E-state index contributed by atoms with van der Waals surface area (Å²) in [7, 11) is 3.30. The molecule has 5 rings (SSSR count). The number of anilines is 2. The molecule has 1 fully saturated rings. The van der Waals surface area contributed by atoms with Crippen LogP contribution < -0.4 is 20.1 Å². The van der Waals surface area contributed by atoms with E-state index in [-0.39, 0.29) is 11.6 Å². The topological polar surface area (TPSA) is 67.8 Å². The van der Waals surface area contributed by atoms with Gasteiger partial charge >= 0.3 is 6.03 Å². The number of aromatic nitrogens is 1. The van der Waals surface area contributed by atoms with Gasteiger partial charge in [0.15, 0.2) is 0 Å². The predicted octanol–water partition coefficient (Wildman–Crippen LogP) is 4.75. The Kier molecular flexibility index (Phi) is 4.96. The number of fused-ring (bicyclic) bond motifs is 4. The number of aryl methyl sites for hydroxylation is 1. The quantitative estimate of drug-likeness (QED) is 0.627. The molecule has 2 aromatic carbocycles. The number of nitrogens with zero attached hydrogens (tertiary/aromatic N) is 2. The Morgan fingerprint density at radius 2 is 1.88 bits per heavy atom. The highest BCUT2D eigenvalue weighted by molar-refractivity contribution is 5.91. The van der Waals surface area contributed by atoms with Gasteiger partial charge in [-0.25, -0.2) is 4.79 Å². The van der Waals surface area contributed by atoms with Crippen LogP contribution in [0.15, 0.2) is 54.7 Å². The highest BCUT2D eigenvalue weighted by Crippen LogP contribution is 2.44. The van der Waals surface area contributed by atoms with Crippen LogP contribution in [0, 0.1) is 6.92 Å². The van der Waals surface area contributed by atoms with E-state index in [0.29, 0.717) is 24.5 Å². The van der Waals surface area contributed by atoms with Gasteiger partial charge < -0.3 is 29.6 Å². The average Bonchev–Trinajstić information content (AvgIpc) is 3.31. The highest BCUT2D eigenvalue weighted by Gasteiger charge is 2.42. The fourth-order valence-corrected chi connectivity index (χ4v) is 4.84. The van der Waals surface area contributed by atoms with E-state index in [1.807, 2.05) is 42.2 Å². The van der Waals surface area contributed by atoms with Crippen molar-refractivity contribution in [3.05, 3.63) is 66.0 Å². The van der Waals surface area contributed by atoms with Crippen molar-refractivity contribution in [1.29, 1.82) is 0 Å². The second-order valence-electron chi connectivity index (χ2n) is 8.47. The van der Waals surface area contributed by atoms with Crippen LogP contribution in [0.3, 0.4) is 0 Å². The SMILES string of the molecule is COc1ccc2c(c1)NC1(CCN(C(=O)Nc3cc(C)ccc3OC)CC1)c1cccn1-2. The summed E-state index contributed by atoms with van der Waals surface area (Å²) in [5.74, 6) is 1.49. The van der Waals surface area contributed by atoms with Crippen LogP contribution in [0.1, 0.15) is 24.1 Å². The van der Waals surface area contributed by atoms with E-state index < -0.39 is 0 Å². The van der Waals surface area contributed by atoms with Crippen molar-refractivity contribution in [2.45, 2.75) is 25.3 Å². The number of likely N-dealkylation sites (tertiary alicyclic amines) is 1. The van der Waals surface area contributed by atoms with Crippen molar-refractivity contribution >= 4 is 17.4 Å². The van der Waals surface area contributed by atoms with E-state index in [9.17, 15) is 4.79 Å². The smallest absolute Gasteiger partial charge is 0.321 e. The molecule has 32 heavy (non-hydrogen) atoms. The number of piperidine rings is 1. The zero-order valence-electron chi connectivity index (χ0n) is 18.6. The van der Waals surface area contributed by atoms with Crippen molar-refractivity contribution in [1.82, 2.24) is 9.47 Å². The lowest BCUT2D eigenvalue weighted by Gasteiger charge is -2.46. The molecular weight excluding hydrogens is 404 g/mol. The van der Waals surface area contributed by atoms with Crippen LogP contribution in [0.5, 0.6) is 11.5 Å². The van der Waals surface area contributed by atoms with Crippen LogP contribution in [0.2, 0.25) is 0 Å². The maximum atomic E-state index is 13.0. The first-order valence-electron chi connectivity index (χ1n) is 10.9. The first-order chi connectivity index (χ1) is 15.5. The number of ether oxygens (including phenoxy) is 2. The Labute approximate surface area is 187 Å². The van der Waals surface area contributed by atoms with Gasteiger partial charge in [0.1, 0.15) is 11.5 Å². The molecule has 1 spiro atoms. The number of benzene rings is 2. The molecule has 0 saturated carbocycles. The maximum absolute atomic E-state index is 13.0. The summed E-state index contributed by atoms with van der Waals surface area (Å²) >= 11 is 0. The third-order valence-electron chi connectivity index (χ3n) is 6.58. The second kappa shape index (κ2) is 7.82. The first kappa shape index (κ1) is 20.3. The molecule has 2 amide bonds. The molecule has 0 unspecified atom stereocenters. The molecule has 2 aliphatic rings. The fraction of sp³-hybridized carbons (Fsp3) is 0.320. The molecule has 3 aromatic rings. The standard InChI is InChI=1S/C25H28N4O3/c1-17-6-9-22(32-3)20(15-17)26-24(30)28-13-10-25(11-14-28)23-5-4-12-29(23)21-8-7-18(31-2)16-19(21)27-25/h4-9,12,15-16,27H,10-11,13-14H2,1-3H3,(H,26,30). The van der Waals surface area contributed by atoms with Gasteiger partial charge in [-0.2, -0.15) is 0 Å². The molecule has 7 nitrogen and oxygen atoms in total. The van der Waals surface area contributed by atoms with E-state index in [4.69, 9.17) is 9.47 Å². The summed E-state index contributed by atoms with van der Waals surface area (Å²) in [5.41, 5.74) is 4.94. The Hall–Kier alpha value is -3.61. The third-order valence-corrected chi connectivity index (χ3v) is 6.58. The van der Waals surface area contributed by atoms with Gasteiger partial charge in [0.2, 0.25) is 0 Å². The number of nitrogens with one attached hydrogen (secondary N) is 2. The largest absolute Gasteiger partial charge is 0.497 e. The normalized spacial score (nSPS) is 16.0. The minimum absolute atomic E-state index is 0.1000. The maximum Gasteiger partial charge on any atom is 0.321 e. The van der Waals surface area contributed by atoms with Gasteiger partial charge in [-0.3, -0.25) is 0 Å². The predicted molar refractivity (Wildman–Crippen MR) is 125 cm³/mol. The van der Waals surface area contributed by atoms with Crippen molar-refractivity contribution in [3.8, 4) is 17.2 Å². The van der Waals surface area contributed by atoms with Gasteiger partial charge in [0.05, 0.1) is 36.8 Å². The molecule has 0 radical (unpaired) electrons. The molecule has 1 saturated heterocycles. The second-order valence-corrected chi connectivity index (χ2v) is 8.47. The molecule has 7 heteroatoms. The minimum Gasteiger partial charge on any atom is -0.497 e. The van der Waals surface area contributed by atoms with Crippen LogP contribution in [0.4, 0.5) is 16.2 Å². The summed E-state index contributed by atoms with van der Waals surface area (Å²) < 4.78 is 13.1. The minimum atomic E-state index is -0.222. The number of hydrogen-bond donors (Lipinski definition) is 2. The summed E-state index contributed by atoms with van der Waals surface area (Å²) in [4.78, 5) is 14.9. The van der Waals surface area contributed by atoms with Gasteiger partial charge in [-0.1, -0.05) is 6.07 Å². The number of urea groups is 1. The molecule has 2 aliphatic heterocycles. The third kappa shape index (κ3) is 3.34. The number of rotatable bonds is 3. The molecule has 0 bridgehead atoms. The number of carbonyl (C=O) groups is 1. The fourth-order valence-electron chi connectivity index (χ4n) is 4.84. The molecular formula is C25H28N4O3. The number of carbonyl (C=O) groups excluding carboxylic acids is 1. The zero-order chi connectivity index (χ0) is 22.3. The lowest BCUT2D eigenvalue weighted by molar-refractivity contribution is 0.174. The lowest BCUT2D eigenvalue weighted by Crippen LogP contribution is -2.51. The van der Waals surface area contributed by atoms with E-state index in [1.54, 1.807) is 14.2 Å². The zero-order valence-corrected chi connectivity index (χ0v) is 18.6. The van der Waals surface area contributed by atoms with Crippen molar-refractivity contribution in [3.63, 3.8) is 0 Å². The van der Waals surface area contributed by atoms with Crippen molar-refractivity contribution in [2.24, 2.45) is 0 Å². The summed E-state index contributed by atoms with van der Waals surface area (Å²) in [6.45, 7) is 3.30. The Morgan fingerprint density at radius 3 is 2.62 bits per heavy atom. The summed E-state index contributed by atoms with van der Waals surface area (Å²) in [6, 6.07) is 16.0. The Bertz CT molecular complexity index is 1160. The number of methoxy groups -OCH3 is 2. The van der Waals surface area contributed by atoms with E-state index in [2.05, 4.69) is 39.6 Å². The van der Waals surface area contributed by atoms with E-state index in [1.165, 1.54) is 5.69 Å². The van der Waals surface area contributed by atoms with Crippen LogP contribution >= 0.6 is 0 Å². The molecule has 0 aliphatic carbocycles. The number of amides is 2. The van der Waals surface area contributed by atoms with Crippen molar-refractivity contribution in [2.75, 3.05) is 37.9 Å². The summed E-state index contributed by atoms with van der Waals surface area (Å²) in [6.07, 6.45) is 3.73. The van der Waals surface area contributed by atoms with Gasteiger partial charge in [-0.05, 0) is 61.7 Å². The Morgan fingerprint density at radius 1 is 1.06 bits per heavy atom. The van der Waals surface area contributed by atoms with E-state index >= 15 is 0 Å². The highest BCUT2D eigenvalue weighted by atomic mass is 16.5. The van der Waals surface area contributed by atoms with Gasteiger partial charge in [-0.15, -0.1) is 0 Å². The monoisotopic (exact) mass is 432 g/mol. The van der Waals surface area contributed by atoms with Crippen molar-refractivity contribution < 1.29 is 14.3 Å². The summed E-state index contributed by atoms with van der Waals surface area (Å²) in [5, 5.41) is 6.81. The van der Waals surface area contributed by atoms with Crippen LogP contribution in [-0.4, -0.2) is 42.8 Å². The Balaban J connectivity index is 1.35. The van der Waals surface area contributed by atoms with E-state index in [0.717, 1.165) is 35.5 Å².